The highest BCUT2D eigenvalue weighted by Gasteiger charge is 2.25. The minimum absolute atomic E-state index is 0.243. The Kier molecular flexibility index (Phi) is 5.43. The third-order valence-corrected chi connectivity index (χ3v) is 4.58. The topological polar surface area (TPSA) is 75.0 Å². The molecule has 1 aliphatic rings. The molecule has 1 aliphatic heterocycles. The molecule has 0 unspecified atom stereocenters. The third kappa shape index (κ3) is 4.26. The Morgan fingerprint density at radius 1 is 1.22 bits per heavy atom. The number of carbonyl (C=O) groups excluding carboxylic acids is 1. The molecule has 0 radical (unpaired) electrons. The minimum atomic E-state index is -0.475. The van der Waals surface area contributed by atoms with E-state index in [2.05, 4.69) is 22.1 Å². The lowest BCUT2D eigenvalue weighted by Crippen LogP contribution is -2.39. The van der Waals surface area contributed by atoms with E-state index < -0.39 is 5.60 Å². The number of ether oxygens (including phenoxy) is 1. The van der Waals surface area contributed by atoms with Crippen LogP contribution in [0.5, 0.6) is 0 Å². The van der Waals surface area contributed by atoms with Crippen molar-refractivity contribution in [1.82, 2.24) is 19.5 Å². The van der Waals surface area contributed by atoms with Gasteiger partial charge >= 0.3 is 6.09 Å². The molecule has 0 atom stereocenters. The predicted molar refractivity (Wildman–Crippen MR) is 107 cm³/mol. The van der Waals surface area contributed by atoms with Crippen molar-refractivity contribution in [1.29, 1.82) is 0 Å². The van der Waals surface area contributed by atoms with Gasteiger partial charge in [0.15, 0.2) is 11.5 Å². The van der Waals surface area contributed by atoms with E-state index in [0.29, 0.717) is 13.1 Å². The highest BCUT2D eigenvalue weighted by Crippen LogP contribution is 2.21. The predicted octanol–water partition coefficient (Wildman–Crippen LogP) is 2.78. The first kappa shape index (κ1) is 19.3. The van der Waals surface area contributed by atoms with E-state index in [9.17, 15) is 4.79 Å². The molecule has 1 amide bonds. The van der Waals surface area contributed by atoms with Crippen LogP contribution in [-0.4, -0.2) is 64.4 Å². The molecule has 0 aromatic carbocycles. The largest absolute Gasteiger partial charge is 0.444 e. The number of anilines is 2. The molecule has 27 heavy (non-hydrogen) atoms. The van der Waals surface area contributed by atoms with Crippen LogP contribution in [0.1, 0.15) is 39.8 Å². The molecule has 1 saturated heterocycles. The molecule has 8 heteroatoms. The Morgan fingerprint density at radius 3 is 2.67 bits per heavy atom. The van der Waals surface area contributed by atoms with Crippen molar-refractivity contribution >= 4 is 23.4 Å². The fourth-order valence-corrected chi connectivity index (χ4v) is 3.29. The van der Waals surface area contributed by atoms with Crippen LogP contribution in [0.4, 0.5) is 16.4 Å². The van der Waals surface area contributed by atoms with E-state index in [4.69, 9.17) is 9.84 Å². The molecule has 148 valence electrons. The van der Waals surface area contributed by atoms with Gasteiger partial charge in [-0.3, -0.25) is 0 Å². The number of aryl methyl sites for hydroxylation is 1. The second-order valence-electron chi connectivity index (χ2n) is 7.78. The highest BCUT2D eigenvalue weighted by atomic mass is 16.6. The van der Waals surface area contributed by atoms with Gasteiger partial charge in [0.2, 0.25) is 0 Å². The molecule has 0 bridgehead atoms. The fraction of sp³-hybridized carbons (Fsp3) is 0.632. The van der Waals surface area contributed by atoms with Crippen molar-refractivity contribution in [2.75, 3.05) is 43.4 Å². The van der Waals surface area contributed by atoms with Gasteiger partial charge in [0, 0.05) is 33.2 Å². The molecular formula is C19H30N6O2. The molecule has 3 heterocycles. The van der Waals surface area contributed by atoms with Crippen LogP contribution >= 0.6 is 0 Å². The summed E-state index contributed by atoms with van der Waals surface area (Å²) in [5.74, 6) is 1.82. The molecule has 3 rings (SSSR count). The molecule has 0 saturated carbocycles. The number of nitrogens with one attached hydrogen (secondary N) is 1. The Morgan fingerprint density at radius 2 is 2.00 bits per heavy atom. The zero-order valence-corrected chi connectivity index (χ0v) is 16.9. The van der Waals surface area contributed by atoms with Gasteiger partial charge in [-0.2, -0.15) is 4.52 Å². The van der Waals surface area contributed by atoms with Gasteiger partial charge in [0.05, 0.1) is 5.69 Å². The molecule has 1 fully saturated rings. The fourth-order valence-electron chi connectivity index (χ4n) is 3.29. The molecule has 8 nitrogen and oxygen atoms in total. The number of carbonyl (C=O) groups is 1. The summed E-state index contributed by atoms with van der Waals surface area (Å²) in [5.41, 5.74) is 1.37. The molecule has 2 aromatic rings. The quantitative estimate of drug-likeness (QED) is 0.890. The third-order valence-electron chi connectivity index (χ3n) is 4.58. The number of imidazole rings is 1. The lowest BCUT2D eigenvalue weighted by atomic mass is 10.2. The second kappa shape index (κ2) is 7.62. The van der Waals surface area contributed by atoms with E-state index in [0.717, 1.165) is 48.9 Å². The number of nitrogens with zero attached hydrogens (tertiary/aromatic N) is 5. The summed E-state index contributed by atoms with van der Waals surface area (Å²) in [6, 6.07) is 4.00. The van der Waals surface area contributed by atoms with Crippen LogP contribution in [0.15, 0.2) is 12.1 Å². The number of hydrogen-bond acceptors (Lipinski definition) is 6. The lowest BCUT2D eigenvalue weighted by molar-refractivity contribution is 0.0263. The van der Waals surface area contributed by atoms with Crippen molar-refractivity contribution < 1.29 is 9.53 Å². The Bertz CT molecular complexity index is 810. The number of rotatable bonds is 3. The van der Waals surface area contributed by atoms with Gasteiger partial charge < -0.3 is 19.9 Å². The maximum Gasteiger partial charge on any atom is 0.410 e. The van der Waals surface area contributed by atoms with Crippen molar-refractivity contribution in [2.45, 2.75) is 46.1 Å². The first-order valence-corrected chi connectivity index (χ1v) is 9.61. The van der Waals surface area contributed by atoms with Gasteiger partial charge in [0.25, 0.3) is 0 Å². The zero-order chi connectivity index (χ0) is 19.6. The van der Waals surface area contributed by atoms with Crippen LogP contribution in [0.25, 0.3) is 5.65 Å². The summed E-state index contributed by atoms with van der Waals surface area (Å²) >= 11 is 0. The van der Waals surface area contributed by atoms with Gasteiger partial charge in [0.1, 0.15) is 11.4 Å². The van der Waals surface area contributed by atoms with Gasteiger partial charge in [-0.1, -0.05) is 6.92 Å². The normalized spacial score (nSPS) is 15.7. The van der Waals surface area contributed by atoms with Crippen LogP contribution in [0.2, 0.25) is 0 Å². The SMILES string of the molecule is CCc1nc2ccc(N3CCCN(C(=O)OC(C)(C)C)CC3)nn2c1NC. The van der Waals surface area contributed by atoms with E-state index in [1.807, 2.05) is 44.5 Å². The van der Waals surface area contributed by atoms with Crippen LogP contribution in [0.3, 0.4) is 0 Å². The smallest absolute Gasteiger partial charge is 0.410 e. The van der Waals surface area contributed by atoms with E-state index >= 15 is 0 Å². The summed E-state index contributed by atoms with van der Waals surface area (Å²) in [4.78, 5) is 21.0. The lowest BCUT2D eigenvalue weighted by Gasteiger charge is -2.26. The standard InChI is InChI=1S/C19H30N6O2/c1-6-14-17(20-5)25-15(21-14)8-9-16(22-25)23-10-7-11-24(13-12-23)18(26)27-19(2,3)4/h8-9,20H,6-7,10-13H2,1-5H3. The summed E-state index contributed by atoms with van der Waals surface area (Å²) in [6.07, 6.45) is 1.48. The van der Waals surface area contributed by atoms with Gasteiger partial charge in [-0.05, 0) is 45.7 Å². The van der Waals surface area contributed by atoms with Gasteiger partial charge in [-0.15, -0.1) is 5.10 Å². The average molecular weight is 374 g/mol. The van der Waals surface area contributed by atoms with Gasteiger partial charge in [-0.25, -0.2) is 9.78 Å². The van der Waals surface area contributed by atoms with E-state index in [1.165, 1.54) is 0 Å². The van der Waals surface area contributed by atoms with E-state index in [1.54, 1.807) is 4.90 Å². The zero-order valence-electron chi connectivity index (χ0n) is 16.9. The summed E-state index contributed by atoms with van der Waals surface area (Å²) in [5, 5.41) is 8.00. The van der Waals surface area contributed by atoms with Crippen molar-refractivity contribution in [3.8, 4) is 0 Å². The van der Waals surface area contributed by atoms with Crippen molar-refractivity contribution in [3.05, 3.63) is 17.8 Å². The highest BCUT2D eigenvalue weighted by molar-refractivity contribution is 5.68. The van der Waals surface area contributed by atoms with Crippen molar-refractivity contribution in [3.63, 3.8) is 0 Å². The minimum Gasteiger partial charge on any atom is -0.444 e. The molecule has 1 N–H and O–H groups in total. The molecule has 0 spiro atoms. The number of hydrogen-bond donors (Lipinski definition) is 1. The number of aromatic nitrogens is 3. The number of amides is 1. The van der Waals surface area contributed by atoms with Crippen LogP contribution < -0.4 is 10.2 Å². The Hall–Kier alpha value is -2.51. The number of fused-ring (bicyclic) bond motifs is 1. The Balaban J connectivity index is 1.76. The first-order chi connectivity index (χ1) is 12.8. The average Bonchev–Trinajstić information content (AvgIpc) is 2.78. The van der Waals surface area contributed by atoms with Crippen LogP contribution in [-0.2, 0) is 11.2 Å². The van der Waals surface area contributed by atoms with E-state index in [-0.39, 0.29) is 6.09 Å². The molecule has 0 aliphatic carbocycles. The maximum absolute atomic E-state index is 12.4. The Labute approximate surface area is 160 Å². The van der Waals surface area contributed by atoms with Crippen molar-refractivity contribution in [2.24, 2.45) is 0 Å². The maximum atomic E-state index is 12.4. The van der Waals surface area contributed by atoms with Crippen LogP contribution in [0, 0.1) is 0 Å². The molecular weight excluding hydrogens is 344 g/mol. The molecule has 2 aromatic heterocycles. The second-order valence-corrected chi connectivity index (χ2v) is 7.78. The monoisotopic (exact) mass is 374 g/mol. The summed E-state index contributed by atoms with van der Waals surface area (Å²) in [6.45, 7) is 10.7. The summed E-state index contributed by atoms with van der Waals surface area (Å²) < 4.78 is 7.37. The summed E-state index contributed by atoms with van der Waals surface area (Å²) in [7, 11) is 1.89. The first-order valence-electron chi connectivity index (χ1n) is 9.61.